The van der Waals surface area contributed by atoms with Crippen LogP contribution < -0.4 is 10.6 Å². The van der Waals surface area contributed by atoms with E-state index in [0.717, 1.165) is 17.8 Å². The Morgan fingerprint density at radius 3 is 2.54 bits per heavy atom. The van der Waals surface area contributed by atoms with Crippen LogP contribution in [0, 0.1) is 12.8 Å². The van der Waals surface area contributed by atoms with E-state index in [9.17, 15) is 4.79 Å². The zero-order valence-corrected chi connectivity index (χ0v) is 17.1. The molecule has 0 spiro atoms. The van der Waals surface area contributed by atoms with Crippen molar-refractivity contribution in [3.8, 4) is 0 Å². The van der Waals surface area contributed by atoms with Crippen LogP contribution in [0.3, 0.4) is 0 Å². The van der Waals surface area contributed by atoms with E-state index >= 15 is 0 Å². The van der Waals surface area contributed by atoms with Gasteiger partial charge in [0.2, 0.25) is 5.91 Å². The summed E-state index contributed by atoms with van der Waals surface area (Å²) < 4.78 is 0. The zero-order valence-electron chi connectivity index (χ0n) is 14.6. The second-order valence-corrected chi connectivity index (χ2v) is 7.21. The molecule has 0 aliphatic carbocycles. The second-order valence-electron chi connectivity index (χ2n) is 5.99. The number of anilines is 1. The van der Waals surface area contributed by atoms with Gasteiger partial charge in [0.05, 0.1) is 0 Å². The first-order valence-corrected chi connectivity index (χ1v) is 9.10. The summed E-state index contributed by atoms with van der Waals surface area (Å²) in [6.45, 7) is 8.03. The lowest BCUT2D eigenvalue weighted by atomic mass is 10.1. The molecule has 7 heteroatoms. The molecule has 2 N–H and O–H groups in total. The molecular weight excluding hydrogens is 365 g/mol. The summed E-state index contributed by atoms with van der Waals surface area (Å²) in [5.41, 5.74) is 3.38. The van der Waals surface area contributed by atoms with Crippen molar-refractivity contribution in [1.82, 2.24) is 10.2 Å². The average molecular weight is 394 g/mol. The van der Waals surface area contributed by atoms with Crippen molar-refractivity contribution in [3.05, 3.63) is 29.3 Å². The number of rotatable bonds is 6. The van der Waals surface area contributed by atoms with Gasteiger partial charge in [0.1, 0.15) is 0 Å². The van der Waals surface area contributed by atoms with Gasteiger partial charge in [0.15, 0.2) is 0 Å². The van der Waals surface area contributed by atoms with Gasteiger partial charge in [0, 0.05) is 49.3 Å². The van der Waals surface area contributed by atoms with Crippen LogP contribution in [0.15, 0.2) is 18.2 Å². The molecule has 1 aromatic carbocycles. The number of carbonyl (C=O) groups is 1. The predicted octanol–water partition coefficient (Wildman–Crippen LogP) is 3.18. The third-order valence-electron chi connectivity index (χ3n) is 4.02. The number of hydrogen-bond acceptors (Lipinski definition) is 4. The molecule has 1 heterocycles. The second kappa shape index (κ2) is 12.0. The van der Waals surface area contributed by atoms with E-state index in [1.165, 1.54) is 30.2 Å². The van der Waals surface area contributed by atoms with Crippen LogP contribution in [-0.2, 0) is 11.3 Å². The van der Waals surface area contributed by atoms with Gasteiger partial charge >= 0.3 is 0 Å². The Kier molecular flexibility index (Phi) is 11.8. The maximum atomic E-state index is 12.1. The number of amides is 1. The molecule has 24 heavy (non-hydrogen) atoms. The first-order chi connectivity index (χ1) is 10.6. The fourth-order valence-electron chi connectivity index (χ4n) is 2.64. The highest BCUT2D eigenvalue weighted by Crippen LogP contribution is 2.20. The molecule has 4 nitrogen and oxygen atoms in total. The predicted molar refractivity (Wildman–Crippen MR) is 110 cm³/mol. The van der Waals surface area contributed by atoms with E-state index in [0.29, 0.717) is 6.54 Å². The van der Waals surface area contributed by atoms with Crippen molar-refractivity contribution >= 4 is 48.2 Å². The molecular formula is C17H29Cl2N3OS. The maximum absolute atomic E-state index is 12.1. The molecule has 0 bridgehead atoms. The molecule has 1 fully saturated rings. The van der Waals surface area contributed by atoms with Crippen LogP contribution >= 0.6 is 36.6 Å². The lowest BCUT2D eigenvalue weighted by molar-refractivity contribution is -0.119. The molecule has 1 aromatic rings. The minimum absolute atomic E-state index is 0. The number of hydrogen-bond donors (Lipinski definition) is 2. The highest BCUT2D eigenvalue weighted by Gasteiger charge is 2.14. The van der Waals surface area contributed by atoms with Gasteiger partial charge in [-0.15, -0.1) is 24.8 Å². The van der Waals surface area contributed by atoms with Gasteiger partial charge in [-0.3, -0.25) is 9.69 Å². The Bertz CT molecular complexity index is 511. The molecule has 1 atom stereocenters. The topological polar surface area (TPSA) is 44.4 Å². The van der Waals surface area contributed by atoms with E-state index in [1.807, 2.05) is 31.8 Å². The molecule has 0 saturated carbocycles. The molecule has 0 aromatic heterocycles. The SMILES string of the molecule is CNCC(C)C(=O)Nc1ccc(CN2CCSCC2)cc1C.Cl.Cl. The summed E-state index contributed by atoms with van der Waals surface area (Å²) in [5.74, 6) is 2.50. The first kappa shape index (κ1) is 23.5. The minimum Gasteiger partial charge on any atom is -0.326 e. The maximum Gasteiger partial charge on any atom is 0.228 e. The largest absolute Gasteiger partial charge is 0.326 e. The van der Waals surface area contributed by atoms with Crippen LogP contribution in [0.5, 0.6) is 0 Å². The summed E-state index contributed by atoms with van der Waals surface area (Å²) in [7, 11) is 1.86. The first-order valence-electron chi connectivity index (χ1n) is 7.95. The van der Waals surface area contributed by atoms with E-state index in [-0.39, 0.29) is 36.6 Å². The Morgan fingerprint density at radius 2 is 1.96 bits per heavy atom. The molecule has 1 unspecified atom stereocenters. The standard InChI is InChI=1S/C17H27N3OS.2ClH/c1-13-10-15(12-20-6-8-22-9-7-20)4-5-16(13)19-17(21)14(2)11-18-3;;/h4-5,10,14,18H,6-9,11-12H2,1-3H3,(H,19,21);2*1H. The van der Waals surface area contributed by atoms with Crippen molar-refractivity contribution in [2.24, 2.45) is 5.92 Å². The highest BCUT2D eigenvalue weighted by molar-refractivity contribution is 7.99. The molecule has 1 aliphatic heterocycles. The van der Waals surface area contributed by atoms with Crippen LogP contribution in [-0.4, -0.2) is 49.0 Å². The molecule has 1 amide bonds. The monoisotopic (exact) mass is 393 g/mol. The van der Waals surface area contributed by atoms with Gasteiger partial charge in [-0.2, -0.15) is 11.8 Å². The highest BCUT2D eigenvalue weighted by atomic mass is 35.5. The molecule has 138 valence electrons. The van der Waals surface area contributed by atoms with Gasteiger partial charge < -0.3 is 10.6 Å². The van der Waals surface area contributed by atoms with Crippen molar-refractivity contribution in [1.29, 1.82) is 0 Å². The number of halogens is 2. The van der Waals surface area contributed by atoms with Crippen molar-refractivity contribution in [3.63, 3.8) is 0 Å². The van der Waals surface area contributed by atoms with E-state index in [4.69, 9.17) is 0 Å². The van der Waals surface area contributed by atoms with Crippen LogP contribution in [0.4, 0.5) is 5.69 Å². The van der Waals surface area contributed by atoms with Crippen molar-refractivity contribution < 1.29 is 4.79 Å². The van der Waals surface area contributed by atoms with Crippen LogP contribution in [0.2, 0.25) is 0 Å². The zero-order chi connectivity index (χ0) is 15.9. The third kappa shape index (κ3) is 7.19. The lowest BCUT2D eigenvalue weighted by Gasteiger charge is -2.26. The van der Waals surface area contributed by atoms with Gasteiger partial charge in [-0.1, -0.05) is 19.1 Å². The molecule has 1 aliphatic rings. The van der Waals surface area contributed by atoms with E-state index in [2.05, 4.69) is 34.6 Å². The van der Waals surface area contributed by atoms with Crippen molar-refractivity contribution in [2.45, 2.75) is 20.4 Å². The van der Waals surface area contributed by atoms with E-state index < -0.39 is 0 Å². The summed E-state index contributed by atoms with van der Waals surface area (Å²) in [5, 5.41) is 6.07. The van der Waals surface area contributed by atoms with Crippen LogP contribution in [0.25, 0.3) is 0 Å². The lowest BCUT2D eigenvalue weighted by Crippen LogP contribution is -2.32. The average Bonchev–Trinajstić information content (AvgIpc) is 2.51. The Balaban J connectivity index is 0.00000264. The molecule has 0 radical (unpaired) electrons. The number of aryl methyl sites for hydroxylation is 1. The fourth-order valence-corrected chi connectivity index (χ4v) is 3.62. The van der Waals surface area contributed by atoms with Gasteiger partial charge in [-0.05, 0) is 31.2 Å². The summed E-state index contributed by atoms with van der Waals surface area (Å²) in [6.07, 6.45) is 0. The fraction of sp³-hybridized carbons (Fsp3) is 0.588. The Labute approximate surface area is 162 Å². The summed E-state index contributed by atoms with van der Waals surface area (Å²) in [6, 6.07) is 6.36. The number of nitrogens with one attached hydrogen (secondary N) is 2. The Morgan fingerprint density at radius 1 is 1.29 bits per heavy atom. The van der Waals surface area contributed by atoms with Gasteiger partial charge in [0.25, 0.3) is 0 Å². The quantitative estimate of drug-likeness (QED) is 0.778. The number of nitrogens with zero attached hydrogens (tertiary/aromatic N) is 1. The number of benzene rings is 1. The van der Waals surface area contributed by atoms with E-state index in [1.54, 1.807) is 0 Å². The summed E-state index contributed by atoms with van der Waals surface area (Å²) >= 11 is 2.03. The minimum atomic E-state index is -0.0325. The smallest absolute Gasteiger partial charge is 0.228 e. The molecule has 2 rings (SSSR count). The third-order valence-corrected chi connectivity index (χ3v) is 4.96. The van der Waals surface area contributed by atoms with Gasteiger partial charge in [-0.25, -0.2) is 0 Å². The number of thioether (sulfide) groups is 1. The normalized spacial score (nSPS) is 15.8. The van der Waals surface area contributed by atoms with Crippen molar-refractivity contribution in [2.75, 3.05) is 43.5 Å². The number of carbonyl (C=O) groups excluding carboxylic acids is 1. The molecule has 1 saturated heterocycles. The Hall–Kier alpha value is -0.460. The van der Waals surface area contributed by atoms with Crippen LogP contribution in [0.1, 0.15) is 18.1 Å². The summed E-state index contributed by atoms with van der Waals surface area (Å²) in [4.78, 5) is 14.6.